The van der Waals surface area contributed by atoms with Gasteiger partial charge in [-0.25, -0.2) is 0 Å². The van der Waals surface area contributed by atoms with Gasteiger partial charge in [0.2, 0.25) is 0 Å². The van der Waals surface area contributed by atoms with E-state index in [2.05, 4.69) is 6.92 Å². The van der Waals surface area contributed by atoms with E-state index >= 15 is 0 Å². The van der Waals surface area contributed by atoms with Crippen LogP contribution in [0.25, 0.3) is 0 Å². The van der Waals surface area contributed by atoms with Crippen LogP contribution in [0.2, 0.25) is 0 Å². The highest BCUT2D eigenvalue weighted by Crippen LogP contribution is 2.27. The molecule has 0 aliphatic heterocycles. The fourth-order valence-corrected chi connectivity index (χ4v) is 2.17. The van der Waals surface area contributed by atoms with Gasteiger partial charge in [-0.1, -0.05) is 58.3 Å². The molecule has 0 atom stereocenters. The predicted octanol–water partition coefficient (Wildman–Crippen LogP) is 4.39. The third kappa shape index (κ3) is 7.97. The van der Waals surface area contributed by atoms with Crippen molar-refractivity contribution < 1.29 is 21.8 Å². The fourth-order valence-electron chi connectivity index (χ4n) is 1.77. The lowest BCUT2D eigenvalue weighted by atomic mass is 10.1. The number of hydrogen-bond donors (Lipinski definition) is 1. The topological polar surface area (TPSA) is 54.4 Å². The van der Waals surface area contributed by atoms with Gasteiger partial charge in [-0.15, -0.1) is 0 Å². The number of hydrogen-bond acceptors (Lipinski definition) is 2. The van der Waals surface area contributed by atoms with Gasteiger partial charge in [-0.05, 0) is 6.42 Å². The highest BCUT2D eigenvalue weighted by molar-refractivity contribution is 7.86. The Balaban J connectivity index is 3.46. The van der Waals surface area contributed by atoms with E-state index in [0.29, 0.717) is 6.42 Å². The molecule has 0 saturated carbocycles. The summed E-state index contributed by atoms with van der Waals surface area (Å²) in [5.41, 5.74) is 0. The summed E-state index contributed by atoms with van der Waals surface area (Å²) in [5, 5.41) is -3.99. The van der Waals surface area contributed by atoms with E-state index in [-0.39, 0.29) is 6.42 Å². The number of halogens is 2. The number of unbranched alkanes of at least 4 members (excludes halogenated alkanes) is 8. The van der Waals surface area contributed by atoms with Crippen LogP contribution in [0.5, 0.6) is 0 Å². The zero-order valence-corrected chi connectivity index (χ0v) is 11.8. The van der Waals surface area contributed by atoms with Crippen molar-refractivity contribution in [3.63, 3.8) is 0 Å². The van der Waals surface area contributed by atoms with Gasteiger partial charge in [0.15, 0.2) is 0 Å². The van der Waals surface area contributed by atoms with Crippen molar-refractivity contribution in [2.45, 2.75) is 76.4 Å². The monoisotopic (exact) mass is 286 g/mol. The van der Waals surface area contributed by atoms with Gasteiger partial charge >= 0.3 is 15.4 Å². The minimum absolute atomic E-state index is 0.127. The van der Waals surface area contributed by atoms with Crippen LogP contribution in [-0.2, 0) is 10.1 Å². The average Bonchev–Trinajstić information content (AvgIpc) is 2.25. The molecule has 110 valence electrons. The minimum atomic E-state index is -5.24. The Morgan fingerprint density at radius 1 is 0.889 bits per heavy atom. The molecule has 0 fully saturated rings. The summed E-state index contributed by atoms with van der Waals surface area (Å²) in [6, 6.07) is 0. The normalized spacial score (nSPS) is 12.9. The minimum Gasteiger partial charge on any atom is -0.281 e. The van der Waals surface area contributed by atoms with Crippen molar-refractivity contribution in [2.75, 3.05) is 0 Å². The molecule has 0 radical (unpaired) electrons. The highest BCUT2D eigenvalue weighted by atomic mass is 32.2. The van der Waals surface area contributed by atoms with Crippen molar-refractivity contribution in [3.8, 4) is 0 Å². The number of rotatable bonds is 11. The molecule has 0 bridgehead atoms. The summed E-state index contributed by atoms with van der Waals surface area (Å²) in [6.45, 7) is 2.15. The molecule has 0 aromatic rings. The molecule has 0 amide bonds. The zero-order chi connectivity index (χ0) is 14.1. The number of alkyl halides is 2. The second kappa shape index (κ2) is 8.80. The largest absolute Gasteiger partial charge is 0.370 e. The van der Waals surface area contributed by atoms with E-state index in [1.165, 1.54) is 25.7 Å². The van der Waals surface area contributed by atoms with Crippen molar-refractivity contribution in [1.82, 2.24) is 0 Å². The van der Waals surface area contributed by atoms with Crippen LogP contribution in [0.4, 0.5) is 8.78 Å². The highest BCUT2D eigenvalue weighted by Gasteiger charge is 2.42. The summed E-state index contributed by atoms with van der Waals surface area (Å²) in [6.07, 6.45) is 7.70. The van der Waals surface area contributed by atoms with Gasteiger partial charge in [0, 0.05) is 6.42 Å². The van der Waals surface area contributed by atoms with E-state index in [1.54, 1.807) is 0 Å². The van der Waals surface area contributed by atoms with E-state index in [4.69, 9.17) is 4.55 Å². The summed E-state index contributed by atoms with van der Waals surface area (Å²) >= 11 is 0. The lowest BCUT2D eigenvalue weighted by Gasteiger charge is -2.12. The van der Waals surface area contributed by atoms with E-state index in [9.17, 15) is 17.2 Å². The van der Waals surface area contributed by atoms with E-state index in [1.807, 2.05) is 0 Å². The van der Waals surface area contributed by atoms with Crippen LogP contribution in [0.3, 0.4) is 0 Å². The van der Waals surface area contributed by atoms with Crippen molar-refractivity contribution >= 4 is 10.1 Å². The standard InChI is InChI=1S/C12H24F2O3S/c1-2-3-4-5-6-7-8-9-10-11-12(13,14)18(15,16)17/h2-11H2,1H3,(H,15,16,17). The molecule has 0 heterocycles. The Bertz CT molecular complexity index is 302. The molecule has 18 heavy (non-hydrogen) atoms. The Morgan fingerprint density at radius 3 is 1.67 bits per heavy atom. The first-order chi connectivity index (χ1) is 8.31. The summed E-state index contributed by atoms with van der Waals surface area (Å²) < 4.78 is 54.6. The predicted molar refractivity (Wildman–Crippen MR) is 68.3 cm³/mol. The third-order valence-electron chi connectivity index (χ3n) is 2.95. The van der Waals surface area contributed by atoms with Gasteiger partial charge in [0.1, 0.15) is 0 Å². The molecular formula is C12H24F2O3S. The summed E-state index contributed by atoms with van der Waals surface area (Å²) in [5.74, 6) is 0. The Kier molecular flexibility index (Phi) is 8.69. The summed E-state index contributed by atoms with van der Waals surface area (Å²) in [4.78, 5) is 0. The van der Waals surface area contributed by atoms with Crippen LogP contribution in [0, 0.1) is 0 Å². The van der Waals surface area contributed by atoms with Gasteiger partial charge in [0.25, 0.3) is 0 Å². The van der Waals surface area contributed by atoms with Crippen molar-refractivity contribution in [1.29, 1.82) is 0 Å². The Hall–Kier alpha value is -0.230. The first kappa shape index (κ1) is 17.8. The smallest absolute Gasteiger partial charge is 0.281 e. The molecule has 0 aromatic carbocycles. The average molecular weight is 286 g/mol. The molecule has 0 spiro atoms. The second-order valence-corrected chi connectivity index (χ2v) is 6.24. The second-order valence-electron chi connectivity index (χ2n) is 4.69. The maximum atomic E-state index is 12.8. The maximum absolute atomic E-state index is 12.8. The van der Waals surface area contributed by atoms with Crippen molar-refractivity contribution in [2.24, 2.45) is 0 Å². The summed E-state index contributed by atoms with van der Waals surface area (Å²) in [7, 11) is -5.24. The van der Waals surface area contributed by atoms with Crippen LogP contribution < -0.4 is 0 Å². The van der Waals surface area contributed by atoms with Gasteiger partial charge in [0.05, 0.1) is 0 Å². The maximum Gasteiger partial charge on any atom is 0.370 e. The van der Waals surface area contributed by atoms with E-state index < -0.39 is 21.8 Å². The fraction of sp³-hybridized carbons (Fsp3) is 1.00. The molecule has 0 unspecified atom stereocenters. The SMILES string of the molecule is CCCCCCCCCCCC(F)(F)S(=O)(=O)O. The molecule has 1 N–H and O–H groups in total. The van der Waals surface area contributed by atoms with E-state index in [0.717, 1.165) is 19.3 Å². The van der Waals surface area contributed by atoms with Gasteiger partial charge < -0.3 is 0 Å². The van der Waals surface area contributed by atoms with Crippen LogP contribution in [0.15, 0.2) is 0 Å². The molecule has 0 rings (SSSR count). The Labute approximate surface area is 109 Å². The quantitative estimate of drug-likeness (QED) is 0.453. The zero-order valence-electron chi connectivity index (χ0n) is 11.0. The first-order valence-electron chi connectivity index (χ1n) is 6.66. The van der Waals surface area contributed by atoms with Gasteiger partial charge in [-0.2, -0.15) is 17.2 Å². The van der Waals surface area contributed by atoms with Crippen LogP contribution in [0.1, 0.15) is 71.1 Å². The molecule has 0 aliphatic carbocycles. The molecule has 6 heteroatoms. The first-order valence-corrected chi connectivity index (χ1v) is 8.10. The molecule has 0 aliphatic rings. The molecular weight excluding hydrogens is 262 g/mol. The van der Waals surface area contributed by atoms with Gasteiger partial charge in [-0.3, -0.25) is 4.55 Å². The lowest BCUT2D eigenvalue weighted by Crippen LogP contribution is -2.27. The van der Waals surface area contributed by atoms with Crippen molar-refractivity contribution in [3.05, 3.63) is 0 Å². The third-order valence-corrected chi connectivity index (χ3v) is 3.91. The van der Waals surface area contributed by atoms with Crippen LogP contribution in [-0.4, -0.2) is 18.2 Å². The Morgan fingerprint density at radius 2 is 1.28 bits per heavy atom. The van der Waals surface area contributed by atoms with Crippen LogP contribution >= 0.6 is 0 Å². The molecule has 0 aromatic heterocycles. The molecule has 0 saturated heterocycles. The molecule has 3 nitrogen and oxygen atoms in total. The lowest BCUT2D eigenvalue weighted by molar-refractivity contribution is 0.0683.